The normalized spacial score (nSPS) is 27.2. The van der Waals surface area contributed by atoms with Crippen molar-refractivity contribution in [2.24, 2.45) is 11.8 Å². The number of piperidine rings is 1. The molecule has 0 aromatic carbocycles. The summed E-state index contributed by atoms with van der Waals surface area (Å²) < 4.78 is 0. The molecule has 4 rings (SSSR count). The molecule has 142 valence electrons. The van der Waals surface area contributed by atoms with Crippen LogP contribution in [0.4, 0.5) is 0 Å². The quantitative estimate of drug-likeness (QED) is 0.815. The minimum absolute atomic E-state index is 0.103. The van der Waals surface area contributed by atoms with Crippen molar-refractivity contribution < 1.29 is 9.59 Å². The molecular formula is C20H29N3O2S. The number of fused-ring (bicyclic) bond motifs is 1. The number of thiophene rings is 1. The van der Waals surface area contributed by atoms with Crippen LogP contribution < -0.4 is 0 Å². The molecular weight excluding hydrogens is 346 g/mol. The lowest BCUT2D eigenvalue weighted by Gasteiger charge is -2.42. The first-order chi connectivity index (χ1) is 12.7. The molecule has 6 heteroatoms. The molecule has 5 nitrogen and oxygen atoms in total. The van der Waals surface area contributed by atoms with Crippen LogP contribution in [0, 0.1) is 11.8 Å². The molecule has 0 N–H and O–H groups in total. The van der Waals surface area contributed by atoms with Crippen LogP contribution >= 0.6 is 11.3 Å². The summed E-state index contributed by atoms with van der Waals surface area (Å²) in [5, 5.41) is 1.93. The molecule has 2 aliphatic heterocycles. The van der Waals surface area contributed by atoms with Gasteiger partial charge in [0.05, 0.1) is 11.4 Å². The summed E-state index contributed by atoms with van der Waals surface area (Å²) in [7, 11) is 0. The van der Waals surface area contributed by atoms with Crippen LogP contribution in [0.5, 0.6) is 0 Å². The molecule has 3 fully saturated rings. The predicted molar refractivity (Wildman–Crippen MR) is 103 cm³/mol. The number of carbonyl (C=O) groups excluding carboxylic acids is 2. The van der Waals surface area contributed by atoms with E-state index < -0.39 is 0 Å². The predicted octanol–water partition coefficient (Wildman–Crippen LogP) is 2.54. The monoisotopic (exact) mass is 375 g/mol. The van der Waals surface area contributed by atoms with E-state index in [1.807, 2.05) is 27.3 Å². The number of rotatable bonds is 3. The van der Waals surface area contributed by atoms with E-state index in [2.05, 4.69) is 4.90 Å². The Bertz CT molecular complexity index is 625. The molecule has 3 heterocycles. The van der Waals surface area contributed by atoms with E-state index in [-0.39, 0.29) is 11.8 Å². The van der Waals surface area contributed by atoms with Gasteiger partial charge in [0.25, 0.3) is 5.91 Å². The second kappa shape index (κ2) is 8.09. The number of hydrogen-bond donors (Lipinski definition) is 0. The maximum atomic E-state index is 12.7. The van der Waals surface area contributed by atoms with Gasteiger partial charge in [0.2, 0.25) is 5.91 Å². The number of piperazine rings is 1. The minimum atomic E-state index is 0.103. The van der Waals surface area contributed by atoms with Crippen LogP contribution in [0.3, 0.4) is 0 Å². The molecule has 1 aliphatic carbocycles. The van der Waals surface area contributed by atoms with Crippen molar-refractivity contribution in [1.29, 1.82) is 0 Å². The fourth-order valence-electron chi connectivity index (χ4n) is 4.83. The first kappa shape index (κ1) is 18.0. The maximum Gasteiger partial charge on any atom is 0.264 e. The van der Waals surface area contributed by atoms with Gasteiger partial charge in [0.1, 0.15) is 0 Å². The number of nitrogens with zero attached hydrogens (tertiary/aromatic N) is 3. The van der Waals surface area contributed by atoms with Crippen molar-refractivity contribution in [3.05, 3.63) is 22.4 Å². The molecule has 2 atom stereocenters. The van der Waals surface area contributed by atoms with Crippen LogP contribution in [0.1, 0.15) is 41.8 Å². The van der Waals surface area contributed by atoms with Crippen molar-refractivity contribution in [2.45, 2.75) is 32.1 Å². The van der Waals surface area contributed by atoms with E-state index in [4.69, 9.17) is 0 Å². The summed E-state index contributed by atoms with van der Waals surface area (Å²) in [6.45, 7) is 5.35. The minimum Gasteiger partial charge on any atom is -0.338 e. The SMILES string of the molecule is O=C(CN1CC[C@@H]2CCCC[C@H]2C1)N1CCN(C(=O)c2cccs2)CC1. The van der Waals surface area contributed by atoms with Gasteiger partial charge in [0.15, 0.2) is 0 Å². The number of likely N-dealkylation sites (tertiary alicyclic amines) is 1. The van der Waals surface area contributed by atoms with Gasteiger partial charge in [-0.05, 0) is 42.7 Å². The van der Waals surface area contributed by atoms with Crippen molar-refractivity contribution in [1.82, 2.24) is 14.7 Å². The van der Waals surface area contributed by atoms with E-state index in [1.54, 1.807) is 0 Å². The van der Waals surface area contributed by atoms with E-state index in [0.29, 0.717) is 32.7 Å². The van der Waals surface area contributed by atoms with Gasteiger partial charge in [-0.3, -0.25) is 14.5 Å². The zero-order valence-corrected chi connectivity index (χ0v) is 16.3. The smallest absolute Gasteiger partial charge is 0.264 e. The highest BCUT2D eigenvalue weighted by Gasteiger charge is 2.33. The van der Waals surface area contributed by atoms with Crippen LogP contribution in [-0.4, -0.2) is 72.3 Å². The first-order valence-corrected chi connectivity index (χ1v) is 10.9. The maximum absolute atomic E-state index is 12.7. The molecule has 26 heavy (non-hydrogen) atoms. The van der Waals surface area contributed by atoms with Gasteiger partial charge in [-0.1, -0.05) is 25.3 Å². The Morgan fingerprint density at radius 2 is 1.69 bits per heavy atom. The van der Waals surface area contributed by atoms with Gasteiger partial charge >= 0.3 is 0 Å². The Morgan fingerprint density at radius 1 is 0.962 bits per heavy atom. The van der Waals surface area contributed by atoms with Gasteiger partial charge in [-0.25, -0.2) is 0 Å². The molecule has 0 unspecified atom stereocenters. The Morgan fingerprint density at radius 3 is 2.42 bits per heavy atom. The van der Waals surface area contributed by atoms with Gasteiger partial charge < -0.3 is 9.80 Å². The average Bonchev–Trinajstić information content (AvgIpc) is 3.22. The summed E-state index contributed by atoms with van der Waals surface area (Å²) in [5.74, 6) is 2.06. The van der Waals surface area contributed by atoms with E-state index in [0.717, 1.165) is 29.8 Å². The van der Waals surface area contributed by atoms with Gasteiger partial charge in [-0.15, -0.1) is 11.3 Å². The molecule has 1 aromatic heterocycles. The average molecular weight is 376 g/mol. The van der Waals surface area contributed by atoms with Crippen molar-refractivity contribution in [2.75, 3.05) is 45.8 Å². The lowest BCUT2D eigenvalue weighted by atomic mass is 9.75. The van der Waals surface area contributed by atoms with Crippen LogP contribution in [0.25, 0.3) is 0 Å². The standard InChI is InChI=1S/C20H29N3O2S/c24-19(15-21-8-7-16-4-1-2-5-17(16)14-21)22-9-11-23(12-10-22)20(25)18-6-3-13-26-18/h3,6,13,16-17H,1-2,4-5,7-12,14-15H2/t16-,17-/m0/s1. The van der Waals surface area contributed by atoms with Crippen molar-refractivity contribution in [3.63, 3.8) is 0 Å². The second-order valence-corrected chi connectivity index (χ2v) is 8.93. The van der Waals surface area contributed by atoms with Gasteiger partial charge in [0, 0.05) is 32.7 Å². The molecule has 3 aliphatic rings. The highest BCUT2D eigenvalue weighted by Crippen LogP contribution is 2.35. The zero-order valence-electron chi connectivity index (χ0n) is 15.4. The van der Waals surface area contributed by atoms with E-state index in [1.165, 1.54) is 43.4 Å². The summed E-state index contributed by atoms with van der Waals surface area (Å²) in [6.07, 6.45) is 6.77. The lowest BCUT2D eigenvalue weighted by Crippen LogP contribution is -2.53. The van der Waals surface area contributed by atoms with Crippen LogP contribution in [-0.2, 0) is 4.79 Å². The van der Waals surface area contributed by atoms with E-state index in [9.17, 15) is 9.59 Å². The number of amides is 2. The third-order valence-electron chi connectivity index (χ3n) is 6.39. The molecule has 0 spiro atoms. The van der Waals surface area contributed by atoms with E-state index >= 15 is 0 Å². The third kappa shape index (κ3) is 3.96. The molecule has 1 saturated carbocycles. The topological polar surface area (TPSA) is 43.9 Å². The highest BCUT2D eigenvalue weighted by molar-refractivity contribution is 7.12. The zero-order chi connectivity index (χ0) is 17.9. The Labute approximate surface area is 159 Å². The molecule has 0 radical (unpaired) electrons. The van der Waals surface area contributed by atoms with Crippen molar-refractivity contribution in [3.8, 4) is 0 Å². The number of hydrogen-bond acceptors (Lipinski definition) is 4. The summed E-state index contributed by atoms with van der Waals surface area (Å²) in [5.41, 5.74) is 0. The largest absolute Gasteiger partial charge is 0.338 e. The van der Waals surface area contributed by atoms with Gasteiger partial charge in [-0.2, -0.15) is 0 Å². The highest BCUT2D eigenvalue weighted by atomic mass is 32.1. The molecule has 1 aromatic rings. The Kier molecular flexibility index (Phi) is 5.60. The summed E-state index contributed by atoms with van der Waals surface area (Å²) in [4.78, 5) is 32.1. The van der Waals surface area contributed by atoms with Crippen molar-refractivity contribution >= 4 is 23.2 Å². The number of carbonyl (C=O) groups is 2. The molecule has 2 saturated heterocycles. The fourth-order valence-corrected chi connectivity index (χ4v) is 5.52. The summed E-state index contributed by atoms with van der Waals surface area (Å²) >= 11 is 1.49. The fraction of sp³-hybridized carbons (Fsp3) is 0.700. The first-order valence-electron chi connectivity index (χ1n) is 10.0. The third-order valence-corrected chi connectivity index (χ3v) is 7.24. The summed E-state index contributed by atoms with van der Waals surface area (Å²) in [6, 6.07) is 3.78. The Balaban J connectivity index is 1.24. The Hall–Kier alpha value is -1.40. The second-order valence-electron chi connectivity index (χ2n) is 7.98. The molecule has 0 bridgehead atoms. The van der Waals surface area contributed by atoms with Crippen LogP contribution in [0.2, 0.25) is 0 Å². The lowest BCUT2D eigenvalue weighted by molar-refractivity contribution is -0.134. The molecule has 2 amide bonds. The van der Waals surface area contributed by atoms with Crippen LogP contribution in [0.15, 0.2) is 17.5 Å².